The molecule has 2 saturated heterocycles. The molecule has 0 aliphatic carbocycles. The predicted octanol–water partition coefficient (Wildman–Crippen LogP) is 2.00. The van der Waals surface area contributed by atoms with Gasteiger partial charge >= 0.3 is 23.9 Å². The maximum Gasteiger partial charge on any atom is 0.303 e. The molecule has 0 aromatic carbocycles. The highest BCUT2D eigenvalue weighted by Gasteiger charge is 2.45. The molecule has 402 valence electrons. The minimum absolute atomic E-state index is 0.00125. The Bertz CT molecular complexity index is 1640. The van der Waals surface area contributed by atoms with Crippen molar-refractivity contribution in [3.05, 3.63) is 10.1 Å². The zero-order chi connectivity index (χ0) is 52.1. The fourth-order valence-electron chi connectivity index (χ4n) is 7.60. The van der Waals surface area contributed by atoms with E-state index in [0.717, 1.165) is 0 Å². The summed E-state index contributed by atoms with van der Waals surface area (Å²) in [5, 5.41) is 17.7. The molecule has 10 atom stereocenters. The number of hydrogen-bond donors (Lipinski definition) is 2. The van der Waals surface area contributed by atoms with E-state index in [4.69, 9.17) is 56.8 Å². The van der Waals surface area contributed by atoms with Crippen LogP contribution >= 0.6 is 0 Å². The van der Waals surface area contributed by atoms with Crippen LogP contribution in [0.15, 0.2) is 0 Å². The lowest BCUT2D eigenvalue weighted by Gasteiger charge is -2.43. The zero-order valence-electron chi connectivity index (χ0n) is 42.1. The second-order valence-corrected chi connectivity index (χ2v) is 17.4. The van der Waals surface area contributed by atoms with E-state index in [1.54, 1.807) is 0 Å². The summed E-state index contributed by atoms with van der Waals surface area (Å²) in [6.07, 6.45) is -4.29. The van der Waals surface area contributed by atoms with Crippen molar-refractivity contribution >= 4 is 41.5 Å². The molecule has 0 radical (unpaired) electrons. The van der Waals surface area contributed by atoms with Crippen LogP contribution < -0.4 is 10.6 Å². The highest BCUT2D eigenvalue weighted by Crippen LogP contribution is 2.34. The first kappa shape index (κ1) is 61.7. The summed E-state index contributed by atoms with van der Waals surface area (Å²) in [5.74, 6) is -3.55. The molecule has 70 heavy (non-hydrogen) atoms. The molecule has 2 aliphatic heterocycles. The third-order valence-electron chi connectivity index (χ3n) is 11.7. The Balaban J connectivity index is 1.63. The molecule has 0 spiro atoms. The van der Waals surface area contributed by atoms with E-state index < -0.39 is 83.1 Å². The van der Waals surface area contributed by atoms with Crippen LogP contribution in [0.2, 0.25) is 0 Å². The maximum absolute atomic E-state index is 12.7. The van der Waals surface area contributed by atoms with Gasteiger partial charge in [0.2, 0.25) is 17.4 Å². The van der Waals surface area contributed by atoms with Crippen LogP contribution in [0.5, 0.6) is 0 Å². The van der Waals surface area contributed by atoms with Crippen molar-refractivity contribution in [1.82, 2.24) is 10.6 Å². The minimum Gasteiger partial charge on any atom is -0.463 e. The molecule has 10 unspecified atom stereocenters. The number of carbonyl (C=O) groups excluding carboxylic acids is 7. The number of ether oxygens (including phenoxy) is 12. The summed E-state index contributed by atoms with van der Waals surface area (Å²) in [4.78, 5) is 95.0. The van der Waals surface area contributed by atoms with Gasteiger partial charge < -0.3 is 72.3 Å². The Kier molecular flexibility index (Phi) is 30.0. The standard InChI is InChI=1S/C46H77N3O21/c1-30(50)9-12-46(49(57)58,14-11-42(56)48-16-18-60-20-22-62-24-26-64-45-33(4)39(67-36(7)53)27-38(69-45)28-65-34(5)51)13-10-41(55)47-15-17-59-19-21-61-23-25-63-44-32(3)31(2)43(68-37(8)54)40(70-44)29-66-35(6)52/h31-33,38-40,43-45H,9-29H2,1-8H3,(H,47,55)(H,48,56). The van der Waals surface area contributed by atoms with E-state index in [1.165, 1.54) is 34.6 Å². The summed E-state index contributed by atoms with van der Waals surface area (Å²) >= 11 is 0. The van der Waals surface area contributed by atoms with Crippen LogP contribution in [0.4, 0.5) is 0 Å². The SMILES string of the molecule is CC(=O)CCC(CCC(=O)NCCOCCOCCOC1OC(COC(C)=O)CC(OC(C)=O)C1C)(CCC(=O)NCCOCCOCCOC1OC(COC(C)=O)C(OC(C)=O)C(C)C1C)[N+](=O)[O-]. The number of esters is 4. The molecule has 2 fully saturated rings. The van der Waals surface area contributed by atoms with Gasteiger partial charge in [0.15, 0.2) is 12.6 Å². The predicted molar refractivity (Wildman–Crippen MR) is 243 cm³/mol. The second kappa shape index (κ2) is 34.0. The normalized spacial score (nSPS) is 24.1. The van der Waals surface area contributed by atoms with Gasteiger partial charge in [-0.25, -0.2) is 0 Å². The summed E-state index contributed by atoms with van der Waals surface area (Å²) in [7, 11) is 0. The number of amides is 2. The van der Waals surface area contributed by atoms with Crippen molar-refractivity contribution in [1.29, 1.82) is 0 Å². The zero-order valence-corrected chi connectivity index (χ0v) is 42.1. The van der Waals surface area contributed by atoms with Crippen molar-refractivity contribution in [3.8, 4) is 0 Å². The lowest BCUT2D eigenvalue weighted by atomic mass is 9.83. The molecule has 24 heteroatoms. The molecule has 2 aliphatic rings. The fraction of sp³-hybridized carbons (Fsp3) is 0.848. The molecular weight excluding hydrogens is 931 g/mol. The third kappa shape index (κ3) is 25.1. The summed E-state index contributed by atoms with van der Waals surface area (Å²) in [6.45, 7) is 14.3. The number of carbonyl (C=O) groups is 7. The molecule has 2 rings (SSSR count). The van der Waals surface area contributed by atoms with E-state index >= 15 is 0 Å². The van der Waals surface area contributed by atoms with Crippen molar-refractivity contribution in [2.75, 3.05) is 92.4 Å². The molecular formula is C46H77N3O21. The van der Waals surface area contributed by atoms with Crippen LogP contribution in [0.1, 0.15) is 100 Å². The van der Waals surface area contributed by atoms with Crippen molar-refractivity contribution in [2.24, 2.45) is 17.8 Å². The largest absolute Gasteiger partial charge is 0.463 e. The molecule has 24 nitrogen and oxygen atoms in total. The summed E-state index contributed by atoms with van der Waals surface area (Å²) in [6, 6.07) is 0. The van der Waals surface area contributed by atoms with Gasteiger partial charge in [-0.05, 0) is 6.92 Å². The van der Waals surface area contributed by atoms with Gasteiger partial charge in [-0.3, -0.25) is 38.9 Å². The van der Waals surface area contributed by atoms with Gasteiger partial charge in [0.25, 0.3) is 0 Å². The van der Waals surface area contributed by atoms with Crippen molar-refractivity contribution in [2.45, 2.75) is 143 Å². The van der Waals surface area contributed by atoms with Crippen LogP contribution in [-0.4, -0.2) is 181 Å². The molecule has 0 aromatic heterocycles. The van der Waals surface area contributed by atoms with E-state index in [9.17, 15) is 43.7 Å². The Hall–Kier alpha value is -4.43. The van der Waals surface area contributed by atoms with E-state index in [-0.39, 0.29) is 154 Å². The summed E-state index contributed by atoms with van der Waals surface area (Å²) in [5.41, 5.74) is -1.68. The lowest BCUT2D eigenvalue weighted by molar-refractivity contribution is -0.573. The van der Waals surface area contributed by atoms with Gasteiger partial charge in [0.05, 0.1) is 72.2 Å². The number of nitrogens with one attached hydrogen (secondary N) is 2. The Morgan fingerprint density at radius 3 is 1.50 bits per heavy atom. The molecule has 2 N–H and O–H groups in total. The van der Waals surface area contributed by atoms with Crippen LogP contribution in [0, 0.1) is 27.9 Å². The highest BCUT2D eigenvalue weighted by molar-refractivity contribution is 5.77. The van der Waals surface area contributed by atoms with Gasteiger partial charge in [-0.2, -0.15) is 0 Å². The maximum atomic E-state index is 12.7. The lowest BCUT2D eigenvalue weighted by Crippen LogP contribution is -2.53. The molecule has 0 aromatic rings. The number of hydrogen-bond acceptors (Lipinski definition) is 21. The van der Waals surface area contributed by atoms with Gasteiger partial charge in [0.1, 0.15) is 37.3 Å². The topological polar surface area (TPSA) is 297 Å². The first-order chi connectivity index (χ1) is 33.2. The van der Waals surface area contributed by atoms with Crippen molar-refractivity contribution in [3.63, 3.8) is 0 Å². The summed E-state index contributed by atoms with van der Waals surface area (Å²) < 4.78 is 66.8. The van der Waals surface area contributed by atoms with Crippen LogP contribution in [-0.2, 0) is 90.4 Å². The number of ketones is 1. The van der Waals surface area contributed by atoms with E-state index in [2.05, 4.69) is 10.6 Å². The van der Waals surface area contributed by atoms with Crippen molar-refractivity contribution < 1.29 is 95.3 Å². The smallest absolute Gasteiger partial charge is 0.303 e. The Morgan fingerprint density at radius 1 is 0.571 bits per heavy atom. The first-order valence-electron chi connectivity index (χ1n) is 23.9. The van der Waals surface area contributed by atoms with E-state index in [1.807, 2.05) is 20.8 Å². The molecule has 0 bridgehead atoms. The van der Waals surface area contributed by atoms with Gasteiger partial charge in [-0.1, -0.05) is 20.8 Å². The van der Waals surface area contributed by atoms with Crippen LogP contribution in [0.25, 0.3) is 0 Å². The quantitative estimate of drug-likeness (QED) is 0.0298. The third-order valence-corrected chi connectivity index (χ3v) is 11.7. The number of nitro groups is 1. The monoisotopic (exact) mass is 1010 g/mol. The first-order valence-corrected chi connectivity index (χ1v) is 23.9. The molecule has 2 amide bonds. The Labute approximate surface area is 409 Å². The number of rotatable bonds is 36. The minimum atomic E-state index is -1.68. The molecule has 2 heterocycles. The fourth-order valence-corrected chi connectivity index (χ4v) is 7.60. The van der Waals surface area contributed by atoms with Gasteiger partial charge in [-0.15, -0.1) is 0 Å². The highest BCUT2D eigenvalue weighted by atomic mass is 16.7. The average molecular weight is 1010 g/mol. The number of Topliss-reactive ketones (excluding diaryl/α,β-unsaturated/α-hetero) is 1. The number of nitrogens with zero attached hydrogens (tertiary/aromatic N) is 1. The van der Waals surface area contributed by atoms with E-state index in [0.29, 0.717) is 6.42 Å². The Morgan fingerprint density at radius 2 is 1.03 bits per heavy atom. The van der Waals surface area contributed by atoms with Crippen LogP contribution in [0.3, 0.4) is 0 Å². The second-order valence-electron chi connectivity index (χ2n) is 17.4. The average Bonchev–Trinajstić information content (AvgIpc) is 3.29. The van der Waals surface area contributed by atoms with Gasteiger partial charge in [0, 0.05) is 108 Å². The molecule has 0 saturated carbocycles.